The van der Waals surface area contributed by atoms with Crippen molar-refractivity contribution in [2.24, 2.45) is 0 Å². The highest BCUT2D eigenvalue weighted by Gasteiger charge is 1.91. The molecule has 18 heavy (non-hydrogen) atoms. The van der Waals surface area contributed by atoms with Crippen LogP contribution < -0.4 is 0 Å². The van der Waals surface area contributed by atoms with Gasteiger partial charge >= 0.3 is 8.26 Å². The van der Waals surface area contributed by atoms with E-state index in [0.717, 1.165) is 0 Å². The van der Waals surface area contributed by atoms with Crippen molar-refractivity contribution < 1.29 is 8.42 Å². The lowest BCUT2D eigenvalue weighted by molar-refractivity contribution is 0.554. The molecule has 0 aromatic carbocycles. The summed E-state index contributed by atoms with van der Waals surface area (Å²) in [5.41, 5.74) is 0. The Morgan fingerprint density at radius 1 is 0.611 bits per heavy atom. The van der Waals surface area contributed by atoms with Crippen molar-refractivity contribution in [3.63, 3.8) is 0 Å². The molecule has 0 radical (unpaired) electrons. The lowest BCUT2D eigenvalue weighted by atomic mass is 10.1. The summed E-state index contributed by atoms with van der Waals surface area (Å²) in [5.74, 6) is 0. The second-order valence-corrected chi connectivity index (χ2v) is 8.23. The second kappa shape index (κ2) is 15.6. The van der Waals surface area contributed by atoms with Gasteiger partial charge in [-0.1, -0.05) is 84.5 Å². The van der Waals surface area contributed by atoms with Gasteiger partial charge in [0.05, 0.1) is 0 Å². The fourth-order valence-corrected chi connectivity index (χ4v) is 1.74. The van der Waals surface area contributed by atoms with E-state index in [1.54, 1.807) is 0 Å². The molecule has 0 bridgehead atoms. The largest absolute Gasteiger partial charge is 0.317 e. The van der Waals surface area contributed by atoms with Gasteiger partial charge in [0.1, 0.15) is 0 Å². The summed E-state index contributed by atoms with van der Waals surface area (Å²) < 4.78 is 18.3. The smallest absolute Gasteiger partial charge is 0.195 e. The maximum Gasteiger partial charge on any atom is 0.317 e. The molecule has 0 fully saturated rings. The molecule has 0 aliphatic rings. The van der Waals surface area contributed by atoms with Crippen LogP contribution in [-0.2, 0) is 8.26 Å². The van der Waals surface area contributed by atoms with E-state index >= 15 is 0 Å². The Hall–Kier alpha value is 0.530. The van der Waals surface area contributed by atoms with Crippen molar-refractivity contribution in [3.8, 4) is 0 Å². The van der Waals surface area contributed by atoms with Crippen molar-refractivity contribution in [1.29, 1.82) is 0 Å². The summed E-state index contributed by atoms with van der Waals surface area (Å²) in [5, 5.41) is 0. The average Bonchev–Trinajstić information content (AvgIpc) is 2.25. The first-order valence-corrected chi connectivity index (χ1v) is 10.2. The first-order chi connectivity index (χ1) is 8.41. The minimum atomic E-state index is -3.72. The van der Waals surface area contributed by atoms with Gasteiger partial charge in [-0.05, 0) is 0 Å². The third kappa shape index (κ3) is 36.0. The molecule has 0 rings (SSSR count). The molecule has 0 N–H and O–H groups in total. The van der Waals surface area contributed by atoms with E-state index in [1.165, 1.54) is 70.6 Å². The summed E-state index contributed by atoms with van der Waals surface area (Å²) in [6.07, 6.45) is 15.9. The van der Waals surface area contributed by atoms with Crippen LogP contribution in [0.5, 0.6) is 0 Å². The summed E-state index contributed by atoms with van der Waals surface area (Å²) in [6, 6.07) is 0. The topological polar surface area (TPSA) is 34.1 Å². The third-order valence-electron chi connectivity index (χ3n) is 2.71. The zero-order valence-corrected chi connectivity index (χ0v) is 14.1. The molecule has 0 aliphatic carbocycles. The second-order valence-electron chi connectivity index (χ2n) is 4.56. The number of hydrogen-bond acceptors (Lipinski definition) is 2. The zero-order valence-electron chi connectivity index (χ0n) is 11.8. The zero-order chi connectivity index (χ0) is 14.3. The van der Waals surface area contributed by atoms with Gasteiger partial charge in [-0.2, -0.15) is 8.42 Å². The van der Waals surface area contributed by atoms with E-state index in [0.29, 0.717) is 0 Å². The van der Waals surface area contributed by atoms with Gasteiger partial charge in [0.2, 0.25) is 0 Å². The first kappa shape index (κ1) is 20.8. The van der Waals surface area contributed by atoms with E-state index in [9.17, 15) is 0 Å². The first-order valence-electron chi connectivity index (χ1n) is 7.06. The van der Waals surface area contributed by atoms with Crippen molar-refractivity contribution in [3.05, 3.63) is 0 Å². The quantitative estimate of drug-likeness (QED) is 0.364. The van der Waals surface area contributed by atoms with Gasteiger partial charge in [0.25, 0.3) is 0 Å². The van der Waals surface area contributed by atoms with Crippen LogP contribution in [-0.4, -0.2) is 8.42 Å². The molecule has 0 saturated carbocycles. The van der Waals surface area contributed by atoms with E-state index in [-0.39, 0.29) is 0 Å². The van der Waals surface area contributed by atoms with E-state index in [4.69, 9.17) is 8.42 Å². The summed E-state index contributed by atoms with van der Waals surface area (Å²) in [7, 11) is 4.81. The van der Waals surface area contributed by atoms with Gasteiger partial charge in [-0.25, -0.2) is 0 Å². The van der Waals surface area contributed by atoms with Crippen LogP contribution in [0.4, 0.5) is 0 Å². The Balaban J connectivity index is 0. The van der Waals surface area contributed by atoms with E-state index in [1.807, 2.05) is 0 Å². The monoisotopic (exact) mass is 318 g/mol. The van der Waals surface area contributed by atoms with Crippen molar-refractivity contribution >= 4 is 29.6 Å². The van der Waals surface area contributed by atoms with Crippen LogP contribution in [0.2, 0.25) is 0 Å². The molecule has 112 valence electrons. The predicted molar refractivity (Wildman–Crippen MR) is 82.8 cm³/mol. The highest BCUT2D eigenvalue weighted by Crippen LogP contribution is 2.10. The molecule has 0 aromatic rings. The molecule has 2 nitrogen and oxygen atoms in total. The van der Waals surface area contributed by atoms with Gasteiger partial charge in [-0.3, -0.25) is 0 Å². The number of unbranched alkanes of at least 4 members (excludes halogenated alkanes) is 10. The highest BCUT2D eigenvalue weighted by atomic mass is 36.0. The van der Waals surface area contributed by atoms with Crippen LogP contribution >= 0.6 is 21.4 Å². The predicted octanol–water partition coefficient (Wildman–Crippen LogP) is 6.03. The van der Waals surface area contributed by atoms with Crippen LogP contribution in [0, 0.1) is 0 Å². The Morgan fingerprint density at radius 3 is 0.944 bits per heavy atom. The molecule has 0 aliphatic heterocycles. The molecule has 0 aromatic heterocycles. The minimum absolute atomic E-state index is 1.37. The molecule has 0 atom stereocenters. The molecule has 0 amide bonds. The van der Waals surface area contributed by atoms with Crippen molar-refractivity contribution in [2.75, 3.05) is 0 Å². The van der Waals surface area contributed by atoms with Crippen LogP contribution in [0.25, 0.3) is 0 Å². The van der Waals surface area contributed by atoms with E-state index in [2.05, 4.69) is 35.2 Å². The molecule has 0 heterocycles. The number of hydrogen-bond donors (Lipinski definition) is 0. The van der Waals surface area contributed by atoms with Crippen LogP contribution in [0.3, 0.4) is 0 Å². The average molecular weight is 319 g/mol. The van der Waals surface area contributed by atoms with Gasteiger partial charge < -0.3 is 0 Å². The maximum absolute atomic E-state index is 9.16. The fourth-order valence-electron chi connectivity index (χ4n) is 1.74. The normalized spacial score (nSPS) is 10.9. The molecular formula is C13H28Cl2O2S. The van der Waals surface area contributed by atoms with Gasteiger partial charge in [-0.15, -0.1) is 0 Å². The summed E-state index contributed by atoms with van der Waals surface area (Å²) >= 11 is 0. The molecule has 5 heteroatoms. The fraction of sp³-hybridized carbons (Fsp3) is 1.00. The highest BCUT2D eigenvalue weighted by molar-refractivity contribution is 8.31. The van der Waals surface area contributed by atoms with Crippen molar-refractivity contribution in [1.82, 2.24) is 0 Å². The number of rotatable bonds is 10. The molecule has 0 spiro atoms. The SMILES string of the molecule is CCCCCCCCCCCCC.O=S(=O)(Cl)Cl. The van der Waals surface area contributed by atoms with Crippen molar-refractivity contribution in [2.45, 2.75) is 84.5 Å². The Morgan fingerprint density at radius 2 is 0.778 bits per heavy atom. The number of halogens is 2. The van der Waals surface area contributed by atoms with Crippen LogP contribution in [0.15, 0.2) is 0 Å². The van der Waals surface area contributed by atoms with Crippen LogP contribution in [0.1, 0.15) is 84.5 Å². The minimum Gasteiger partial charge on any atom is -0.195 e. The molecular weight excluding hydrogens is 291 g/mol. The van der Waals surface area contributed by atoms with Gasteiger partial charge in [0, 0.05) is 21.4 Å². The lowest BCUT2D eigenvalue weighted by Crippen LogP contribution is -1.80. The third-order valence-corrected chi connectivity index (χ3v) is 2.71. The summed E-state index contributed by atoms with van der Waals surface area (Å²) in [6.45, 7) is 4.56. The Kier molecular flexibility index (Phi) is 18.0. The van der Waals surface area contributed by atoms with E-state index < -0.39 is 8.26 Å². The standard InChI is InChI=1S/C13H28.Cl2O2S/c1-3-5-7-9-11-13-12-10-8-6-4-2;1-5(2,3)4/h3-13H2,1-2H3;. The van der Waals surface area contributed by atoms with Gasteiger partial charge in [0.15, 0.2) is 0 Å². The maximum atomic E-state index is 9.16. The molecule has 0 unspecified atom stereocenters. The summed E-state index contributed by atoms with van der Waals surface area (Å²) in [4.78, 5) is 0. The Labute approximate surface area is 122 Å². The lowest BCUT2D eigenvalue weighted by Gasteiger charge is -2.00. The Bertz CT molecular complexity index is 223. The molecule has 0 saturated heterocycles.